The van der Waals surface area contributed by atoms with Crippen molar-refractivity contribution < 1.29 is 50.6 Å². The summed E-state index contributed by atoms with van der Waals surface area (Å²) in [6.45, 7) is 5.49. The minimum Gasteiger partial charge on any atom is -0.493 e. The van der Waals surface area contributed by atoms with E-state index in [-0.39, 0.29) is 31.6 Å². The Hall–Kier alpha value is -4.01. The molecule has 5 rings (SSSR count). The van der Waals surface area contributed by atoms with E-state index in [1.165, 1.54) is 4.90 Å². The van der Waals surface area contributed by atoms with Crippen LogP contribution in [0.1, 0.15) is 49.4 Å². The maximum absolute atomic E-state index is 13.5. The number of aliphatic hydroxyl groups is 1. The van der Waals surface area contributed by atoms with Crippen LogP contribution in [0, 0.1) is 0 Å². The molecule has 2 atom stereocenters. The van der Waals surface area contributed by atoms with E-state index < -0.39 is 59.5 Å². The smallest absolute Gasteiger partial charge is 0.430 e. The lowest BCUT2D eigenvalue weighted by Gasteiger charge is -2.42. The van der Waals surface area contributed by atoms with Gasteiger partial charge in [0.25, 0.3) is 11.5 Å². The second kappa shape index (κ2) is 11.7. The number of piperazine rings is 1. The van der Waals surface area contributed by atoms with Gasteiger partial charge >= 0.3 is 18.4 Å². The summed E-state index contributed by atoms with van der Waals surface area (Å²) in [6.07, 6.45) is -10.8. The van der Waals surface area contributed by atoms with Crippen LogP contribution in [0.5, 0.6) is 5.75 Å². The van der Waals surface area contributed by atoms with Gasteiger partial charge in [-0.05, 0) is 55.2 Å². The molecular formula is C31H34F6N4O5. The van der Waals surface area contributed by atoms with E-state index in [0.717, 1.165) is 22.6 Å². The predicted molar refractivity (Wildman–Crippen MR) is 153 cm³/mol. The zero-order valence-electron chi connectivity index (χ0n) is 25.4. The quantitative estimate of drug-likeness (QED) is 0.339. The average molecular weight is 657 g/mol. The number of aryl methyl sites for hydroxylation is 1. The number of fused-ring (bicyclic) bond motifs is 1. The largest absolute Gasteiger partial charge is 0.493 e. The maximum Gasteiger partial charge on any atom is 0.430 e. The van der Waals surface area contributed by atoms with Crippen molar-refractivity contribution >= 4 is 23.5 Å². The molecule has 2 N–H and O–H groups in total. The van der Waals surface area contributed by atoms with Crippen LogP contribution >= 0.6 is 0 Å². The Morgan fingerprint density at radius 3 is 2.39 bits per heavy atom. The van der Waals surface area contributed by atoms with Crippen LogP contribution in [0.25, 0.3) is 0 Å². The first-order chi connectivity index (χ1) is 21.4. The number of ether oxygens (including phenoxy) is 1. The summed E-state index contributed by atoms with van der Waals surface area (Å²) in [7, 11) is 0. The third-order valence-electron chi connectivity index (χ3n) is 8.96. The molecule has 2 aromatic rings. The number of anilines is 1. The van der Waals surface area contributed by atoms with Crippen LogP contribution in [0.3, 0.4) is 0 Å². The highest BCUT2D eigenvalue weighted by Gasteiger charge is 2.71. The number of halogens is 6. The summed E-state index contributed by atoms with van der Waals surface area (Å²) in [5, 5.41) is 12.6. The van der Waals surface area contributed by atoms with Crippen LogP contribution < -0.4 is 15.0 Å². The van der Waals surface area contributed by atoms with Gasteiger partial charge in [0.1, 0.15) is 17.8 Å². The Balaban J connectivity index is 1.30. The predicted octanol–water partition coefficient (Wildman–Crippen LogP) is 4.39. The third-order valence-corrected chi connectivity index (χ3v) is 8.96. The van der Waals surface area contributed by atoms with Crippen LogP contribution in [-0.4, -0.2) is 83.9 Å². The molecule has 0 saturated carbocycles. The lowest BCUT2D eigenvalue weighted by molar-refractivity contribution is -0.376. The molecule has 0 bridgehead atoms. The molecule has 4 amide bonds. The first-order valence-electron chi connectivity index (χ1n) is 14.9. The monoisotopic (exact) mass is 656 g/mol. The molecule has 250 valence electrons. The van der Waals surface area contributed by atoms with Crippen LogP contribution in [-0.2, 0) is 33.6 Å². The average Bonchev–Trinajstić information content (AvgIpc) is 3.53. The fourth-order valence-electron chi connectivity index (χ4n) is 6.38. The molecule has 2 saturated heterocycles. The zero-order valence-corrected chi connectivity index (χ0v) is 25.4. The highest BCUT2D eigenvalue weighted by Crippen LogP contribution is 2.50. The van der Waals surface area contributed by atoms with Crippen molar-refractivity contribution in [2.75, 3.05) is 37.7 Å². The van der Waals surface area contributed by atoms with Crippen molar-refractivity contribution in [1.29, 1.82) is 0 Å². The van der Waals surface area contributed by atoms with E-state index in [4.69, 9.17) is 4.74 Å². The molecule has 0 aromatic heterocycles. The number of hydrogen-bond acceptors (Lipinski definition) is 6. The molecule has 0 radical (unpaired) electrons. The van der Waals surface area contributed by atoms with E-state index in [0.29, 0.717) is 42.5 Å². The van der Waals surface area contributed by atoms with Gasteiger partial charge in [-0.25, -0.2) is 4.79 Å². The number of nitrogens with one attached hydrogen (secondary N) is 1. The summed E-state index contributed by atoms with van der Waals surface area (Å²) in [5.41, 5.74) is -5.69. The second-order valence-corrected chi connectivity index (χ2v) is 12.0. The summed E-state index contributed by atoms with van der Waals surface area (Å²) >= 11 is 0. The van der Waals surface area contributed by atoms with Crippen LogP contribution in [0.15, 0.2) is 36.4 Å². The number of imide groups is 1. The summed E-state index contributed by atoms with van der Waals surface area (Å²) in [6, 6.07) is 6.54. The number of amides is 4. The van der Waals surface area contributed by atoms with Gasteiger partial charge in [0.2, 0.25) is 5.91 Å². The van der Waals surface area contributed by atoms with Gasteiger partial charge in [0.05, 0.1) is 6.61 Å². The van der Waals surface area contributed by atoms with Crippen LogP contribution in [0.2, 0.25) is 0 Å². The topological polar surface area (TPSA) is 102 Å². The molecule has 46 heavy (non-hydrogen) atoms. The van der Waals surface area contributed by atoms with E-state index >= 15 is 0 Å². The highest BCUT2D eigenvalue weighted by atomic mass is 19.4. The Labute approximate surface area is 261 Å². The Morgan fingerprint density at radius 2 is 1.76 bits per heavy atom. The molecule has 3 aliphatic heterocycles. The first kappa shape index (κ1) is 33.4. The molecule has 2 fully saturated rings. The Morgan fingerprint density at radius 1 is 1.07 bits per heavy atom. The molecule has 9 nitrogen and oxygen atoms in total. The number of carbonyl (C=O) groups is 3. The lowest BCUT2D eigenvalue weighted by atomic mass is 9.89. The fraction of sp³-hybridized carbons (Fsp3) is 0.516. The maximum atomic E-state index is 13.5. The third kappa shape index (κ3) is 5.52. The first-order valence-corrected chi connectivity index (χ1v) is 14.9. The molecule has 2 aromatic carbocycles. The van der Waals surface area contributed by atoms with Gasteiger partial charge in [-0.1, -0.05) is 31.5 Å². The number of benzene rings is 2. The zero-order chi connectivity index (χ0) is 33.8. The molecular weight excluding hydrogens is 622 g/mol. The standard InChI is InChI=1S/C31H34F6N4O5/c1-4-5-19-14-22(29(45,30(32,33)34)31(35,36)37)6-8-23(19)39-11-12-40(18(2)16-39)25(42)17-41-26(43)28(3,38-27(41)44)21-7-9-24-20(15-21)10-13-46-24/h6-9,14-15,18,45H,4-5,10-13,16-17H2,1-3H3,(H,38,44)/t18-,28?/m0/s1. The number of carbonyl (C=O) groups excluding carboxylic acids is 3. The summed E-state index contributed by atoms with van der Waals surface area (Å²) in [4.78, 5) is 43.9. The molecule has 1 unspecified atom stereocenters. The molecule has 15 heteroatoms. The van der Waals surface area contributed by atoms with Gasteiger partial charge in [-0.3, -0.25) is 14.5 Å². The van der Waals surface area contributed by atoms with Crippen molar-refractivity contribution in [2.45, 2.75) is 69.6 Å². The SMILES string of the molecule is CCCc1cc(C(O)(C(F)(F)F)C(F)(F)F)ccc1N1CCN(C(=O)CN2C(=O)NC(C)(c3ccc4c(c3)CCO4)C2=O)[C@@H](C)C1. The Bertz CT molecular complexity index is 1530. The number of rotatable bonds is 7. The van der Waals surface area contributed by atoms with Gasteiger partial charge in [-0.15, -0.1) is 0 Å². The molecule has 0 aliphatic carbocycles. The molecule has 3 aliphatic rings. The van der Waals surface area contributed by atoms with E-state index in [2.05, 4.69) is 5.32 Å². The minimum absolute atomic E-state index is 0.119. The normalized spacial score (nSPS) is 22.2. The number of alkyl halides is 6. The lowest BCUT2D eigenvalue weighted by Crippen LogP contribution is -2.56. The van der Waals surface area contributed by atoms with E-state index in [9.17, 15) is 45.8 Å². The molecule has 0 spiro atoms. The molecule has 3 heterocycles. The van der Waals surface area contributed by atoms with Crippen molar-refractivity contribution in [2.24, 2.45) is 0 Å². The summed E-state index contributed by atoms with van der Waals surface area (Å²) in [5.74, 6) is -0.365. The fourth-order valence-corrected chi connectivity index (χ4v) is 6.38. The highest BCUT2D eigenvalue weighted by molar-refractivity contribution is 6.09. The van der Waals surface area contributed by atoms with Gasteiger partial charge < -0.3 is 25.0 Å². The van der Waals surface area contributed by atoms with E-state index in [1.54, 1.807) is 43.9 Å². The number of hydrogen-bond donors (Lipinski definition) is 2. The van der Waals surface area contributed by atoms with Gasteiger partial charge in [0.15, 0.2) is 0 Å². The Kier molecular flexibility index (Phi) is 8.45. The van der Waals surface area contributed by atoms with Crippen molar-refractivity contribution in [3.8, 4) is 5.75 Å². The van der Waals surface area contributed by atoms with Gasteiger partial charge in [0, 0.05) is 43.3 Å². The van der Waals surface area contributed by atoms with Crippen molar-refractivity contribution in [3.05, 3.63) is 58.7 Å². The number of nitrogens with zero attached hydrogens (tertiary/aromatic N) is 3. The van der Waals surface area contributed by atoms with E-state index in [1.807, 2.05) is 0 Å². The van der Waals surface area contributed by atoms with Gasteiger partial charge in [-0.2, -0.15) is 26.3 Å². The summed E-state index contributed by atoms with van der Waals surface area (Å²) < 4.78 is 86.7. The van der Waals surface area contributed by atoms with Crippen molar-refractivity contribution in [1.82, 2.24) is 15.1 Å². The second-order valence-electron chi connectivity index (χ2n) is 12.0. The minimum atomic E-state index is -6.00. The number of urea groups is 1. The van der Waals surface area contributed by atoms with Crippen LogP contribution in [0.4, 0.5) is 36.8 Å². The van der Waals surface area contributed by atoms with Crippen molar-refractivity contribution in [3.63, 3.8) is 0 Å².